The predicted molar refractivity (Wildman–Crippen MR) is 67.7 cm³/mol. The molecule has 4 N–H and O–H groups in total. The zero-order valence-corrected chi connectivity index (χ0v) is 11.3. The van der Waals surface area contributed by atoms with Crippen molar-refractivity contribution in [3.8, 4) is 0 Å². The number of aliphatic hydroxyl groups is 1. The van der Waals surface area contributed by atoms with Gasteiger partial charge in [0, 0.05) is 17.1 Å². The molecule has 1 aromatic heterocycles. The molecule has 3 fully saturated rings. The third-order valence-corrected chi connectivity index (χ3v) is 4.74. The van der Waals surface area contributed by atoms with Gasteiger partial charge in [-0.05, 0) is 32.1 Å². The van der Waals surface area contributed by atoms with E-state index in [9.17, 15) is 18.7 Å². The second-order valence-electron chi connectivity index (χ2n) is 6.10. The molecule has 0 saturated heterocycles. The number of halogens is 2. The molecular weight excluding hydrogens is 284 g/mol. The van der Waals surface area contributed by atoms with E-state index in [0.29, 0.717) is 32.1 Å². The van der Waals surface area contributed by atoms with Gasteiger partial charge in [-0.15, -0.1) is 0 Å². The Kier molecular flexibility index (Phi) is 3.25. The molecule has 1 amide bonds. The summed E-state index contributed by atoms with van der Waals surface area (Å²) < 4.78 is 29.5. The number of alkyl halides is 2. The van der Waals surface area contributed by atoms with Gasteiger partial charge in [0.2, 0.25) is 5.76 Å². The first-order valence-corrected chi connectivity index (χ1v) is 6.88. The number of carbonyl (C=O) groups is 1. The molecule has 6 nitrogen and oxygen atoms in total. The average molecular weight is 301 g/mol. The summed E-state index contributed by atoms with van der Waals surface area (Å²) in [6.07, 6.45) is -0.542. The van der Waals surface area contributed by atoms with Crippen LogP contribution in [0.25, 0.3) is 0 Å². The van der Waals surface area contributed by atoms with E-state index < -0.39 is 35.2 Å². The highest BCUT2D eigenvalue weighted by atomic mass is 19.3. The summed E-state index contributed by atoms with van der Waals surface area (Å²) in [5, 5.41) is 16.0. The van der Waals surface area contributed by atoms with Gasteiger partial charge in [-0.25, -0.2) is 8.78 Å². The first-order chi connectivity index (χ1) is 9.84. The van der Waals surface area contributed by atoms with Gasteiger partial charge in [-0.2, -0.15) is 0 Å². The number of nitrogens with one attached hydrogen (secondary N) is 1. The van der Waals surface area contributed by atoms with Crippen LogP contribution < -0.4 is 11.1 Å². The normalized spacial score (nSPS) is 35.2. The number of carbonyl (C=O) groups excluding carboxylic acids is 1. The van der Waals surface area contributed by atoms with Crippen molar-refractivity contribution in [1.82, 2.24) is 10.5 Å². The Bertz CT molecular complexity index is 553. The third kappa shape index (κ3) is 2.42. The van der Waals surface area contributed by atoms with Gasteiger partial charge in [0.1, 0.15) is 0 Å². The second kappa shape index (κ2) is 4.74. The van der Waals surface area contributed by atoms with Crippen LogP contribution in [0.5, 0.6) is 0 Å². The Hall–Kier alpha value is -1.54. The first kappa shape index (κ1) is 14.4. The predicted octanol–water partition coefficient (Wildman–Crippen LogP) is 1.12. The molecule has 116 valence electrons. The Balaban J connectivity index is 1.72. The van der Waals surface area contributed by atoms with Gasteiger partial charge in [0.25, 0.3) is 12.3 Å². The van der Waals surface area contributed by atoms with Crippen molar-refractivity contribution in [2.45, 2.75) is 55.7 Å². The number of rotatable bonds is 3. The molecule has 0 aliphatic heterocycles. The maximum atomic E-state index is 12.4. The standard InChI is InChI=1S/C13H17F2N3O3/c14-10(15)7-5-8(21-18-7)11(20)17-12-1-3-13(16,4-2-12)9(19)6-12/h5,9-10,19H,1-4,6,16H2,(H,17,20)/t9-,12?,13?/m0/s1. The van der Waals surface area contributed by atoms with Crippen molar-refractivity contribution in [3.63, 3.8) is 0 Å². The lowest BCUT2D eigenvalue weighted by atomic mass is 9.60. The Morgan fingerprint density at radius 1 is 1.48 bits per heavy atom. The quantitative estimate of drug-likeness (QED) is 0.776. The lowest BCUT2D eigenvalue weighted by Gasteiger charge is -2.54. The fourth-order valence-electron chi connectivity index (χ4n) is 3.28. The smallest absolute Gasteiger partial charge is 0.290 e. The van der Waals surface area contributed by atoms with E-state index in [0.717, 1.165) is 6.07 Å². The van der Waals surface area contributed by atoms with E-state index in [4.69, 9.17) is 5.73 Å². The van der Waals surface area contributed by atoms with Gasteiger partial charge in [-0.1, -0.05) is 5.16 Å². The Labute approximate surface area is 119 Å². The van der Waals surface area contributed by atoms with E-state index in [-0.39, 0.29) is 5.76 Å². The van der Waals surface area contributed by atoms with Crippen LogP contribution in [0.1, 0.15) is 54.8 Å². The van der Waals surface area contributed by atoms with E-state index >= 15 is 0 Å². The minimum Gasteiger partial charge on any atom is -0.391 e. The Morgan fingerprint density at radius 2 is 2.14 bits per heavy atom. The summed E-state index contributed by atoms with van der Waals surface area (Å²) in [7, 11) is 0. The van der Waals surface area contributed by atoms with E-state index in [1.54, 1.807) is 0 Å². The molecule has 1 heterocycles. The molecule has 0 spiro atoms. The molecule has 0 radical (unpaired) electrons. The molecule has 1 atom stereocenters. The van der Waals surface area contributed by atoms with Crippen molar-refractivity contribution in [3.05, 3.63) is 17.5 Å². The molecule has 3 aliphatic rings. The van der Waals surface area contributed by atoms with Crippen LogP contribution in [-0.4, -0.2) is 33.4 Å². The third-order valence-electron chi connectivity index (χ3n) is 4.74. The van der Waals surface area contributed by atoms with Crippen LogP contribution in [0.15, 0.2) is 10.6 Å². The van der Waals surface area contributed by atoms with Gasteiger partial charge >= 0.3 is 0 Å². The van der Waals surface area contributed by atoms with Crippen molar-refractivity contribution >= 4 is 5.91 Å². The van der Waals surface area contributed by atoms with Crippen molar-refractivity contribution < 1.29 is 23.2 Å². The molecule has 3 aliphatic carbocycles. The zero-order valence-electron chi connectivity index (χ0n) is 11.3. The van der Waals surface area contributed by atoms with Gasteiger partial charge < -0.3 is 20.7 Å². The highest BCUT2D eigenvalue weighted by Gasteiger charge is 2.52. The fourth-order valence-corrected chi connectivity index (χ4v) is 3.28. The fraction of sp³-hybridized carbons (Fsp3) is 0.692. The lowest BCUT2D eigenvalue weighted by molar-refractivity contribution is -0.0414. The average Bonchev–Trinajstić information content (AvgIpc) is 2.91. The molecule has 3 saturated carbocycles. The van der Waals surface area contributed by atoms with E-state index in [2.05, 4.69) is 15.0 Å². The number of hydrogen-bond acceptors (Lipinski definition) is 5. The lowest BCUT2D eigenvalue weighted by Crippen LogP contribution is -2.68. The molecule has 1 aromatic rings. The summed E-state index contributed by atoms with van der Waals surface area (Å²) in [6.45, 7) is 0. The molecule has 4 rings (SSSR count). The van der Waals surface area contributed by atoms with Gasteiger partial charge in [0.15, 0.2) is 5.69 Å². The first-order valence-electron chi connectivity index (χ1n) is 6.88. The molecule has 0 aromatic carbocycles. The number of hydrogen-bond donors (Lipinski definition) is 3. The molecule has 8 heteroatoms. The highest BCUT2D eigenvalue weighted by Crippen LogP contribution is 2.45. The molecule has 2 bridgehead atoms. The second-order valence-corrected chi connectivity index (χ2v) is 6.10. The van der Waals surface area contributed by atoms with E-state index in [1.165, 1.54) is 0 Å². The van der Waals surface area contributed by atoms with Crippen molar-refractivity contribution in [1.29, 1.82) is 0 Å². The topological polar surface area (TPSA) is 101 Å². The zero-order chi connectivity index (χ0) is 15.3. The van der Waals surface area contributed by atoms with E-state index in [1.807, 2.05) is 0 Å². The van der Waals surface area contributed by atoms with Crippen LogP contribution in [-0.2, 0) is 0 Å². The number of aliphatic hydroxyl groups excluding tert-OH is 1. The van der Waals surface area contributed by atoms with Gasteiger partial charge in [0.05, 0.1) is 6.10 Å². The maximum absolute atomic E-state index is 12.4. The number of aromatic nitrogens is 1. The number of amides is 1. The monoisotopic (exact) mass is 301 g/mol. The molecule has 0 unspecified atom stereocenters. The van der Waals surface area contributed by atoms with Crippen LogP contribution in [0.4, 0.5) is 8.78 Å². The van der Waals surface area contributed by atoms with Crippen LogP contribution in [0.3, 0.4) is 0 Å². The highest BCUT2D eigenvalue weighted by molar-refractivity contribution is 5.92. The summed E-state index contributed by atoms with van der Waals surface area (Å²) in [5.74, 6) is -0.836. The van der Waals surface area contributed by atoms with Crippen LogP contribution in [0, 0.1) is 0 Å². The summed E-state index contributed by atoms with van der Waals surface area (Å²) in [5.41, 5.74) is 4.42. The van der Waals surface area contributed by atoms with Crippen molar-refractivity contribution in [2.75, 3.05) is 0 Å². The number of fused-ring (bicyclic) bond motifs is 3. The molecule has 21 heavy (non-hydrogen) atoms. The Morgan fingerprint density at radius 3 is 2.67 bits per heavy atom. The summed E-state index contributed by atoms with van der Waals surface area (Å²) >= 11 is 0. The SMILES string of the molecule is NC12CCC(NC(=O)c3cc(C(F)F)no3)(CC1)C[C@@H]2O. The van der Waals surface area contributed by atoms with Crippen LogP contribution >= 0.6 is 0 Å². The largest absolute Gasteiger partial charge is 0.391 e. The minimum absolute atomic E-state index is 0.246. The number of nitrogens with two attached hydrogens (primary N) is 1. The number of nitrogens with zero attached hydrogens (tertiary/aromatic N) is 1. The minimum atomic E-state index is -2.78. The van der Waals surface area contributed by atoms with Gasteiger partial charge in [-0.3, -0.25) is 4.79 Å². The summed E-state index contributed by atoms with van der Waals surface area (Å²) in [6, 6.07) is 0.936. The maximum Gasteiger partial charge on any atom is 0.290 e. The molecular formula is C13H17F2N3O3. The summed E-state index contributed by atoms with van der Waals surface area (Å²) in [4.78, 5) is 12.1. The van der Waals surface area contributed by atoms with Crippen LogP contribution in [0.2, 0.25) is 0 Å². The van der Waals surface area contributed by atoms with Crippen molar-refractivity contribution in [2.24, 2.45) is 5.73 Å².